The number of sulfonamides is 1. The molecule has 0 aliphatic rings. The zero-order valence-corrected chi connectivity index (χ0v) is 13.2. The molecule has 17 heavy (non-hydrogen) atoms. The third kappa shape index (κ3) is 3.87. The van der Waals surface area contributed by atoms with Gasteiger partial charge in [0, 0.05) is 8.95 Å². The quantitative estimate of drug-likeness (QED) is 0.867. The smallest absolute Gasteiger partial charge is 0.242 e. The van der Waals surface area contributed by atoms with Crippen molar-refractivity contribution in [3.05, 3.63) is 27.1 Å². The molecule has 0 saturated heterocycles. The Hall–Kier alpha value is -0.240. The van der Waals surface area contributed by atoms with Crippen LogP contribution in [0.15, 0.2) is 32.0 Å². The highest BCUT2D eigenvalue weighted by Gasteiger charge is 2.22. The van der Waals surface area contributed by atoms with E-state index in [1.807, 2.05) is 0 Å². The maximum absolute atomic E-state index is 12.0. The lowest BCUT2D eigenvalue weighted by Gasteiger charge is -2.12. The molecule has 1 N–H and O–H groups in total. The lowest BCUT2D eigenvalue weighted by molar-refractivity contribution is -0.118. The standard InChI is InChI=1S/C10H11Br2NO3S/c1-6(7(2)14)13-17(15,16)10-5-8(11)3-4-9(10)12/h3-6,13H,1-2H3. The van der Waals surface area contributed by atoms with Gasteiger partial charge < -0.3 is 0 Å². The Morgan fingerprint density at radius 1 is 1.35 bits per heavy atom. The summed E-state index contributed by atoms with van der Waals surface area (Å²) in [6.45, 7) is 2.84. The van der Waals surface area contributed by atoms with Gasteiger partial charge >= 0.3 is 0 Å². The number of Topliss-reactive ketones (excluding diaryl/α,β-unsaturated/α-hetero) is 1. The van der Waals surface area contributed by atoms with Crippen molar-refractivity contribution >= 4 is 47.7 Å². The van der Waals surface area contributed by atoms with Crippen molar-refractivity contribution in [3.63, 3.8) is 0 Å². The minimum atomic E-state index is -3.71. The van der Waals surface area contributed by atoms with Crippen LogP contribution in [-0.4, -0.2) is 20.2 Å². The van der Waals surface area contributed by atoms with Crippen LogP contribution in [0.5, 0.6) is 0 Å². The molecular weight excluding hydrogens is 374 g/mol. The molecule has 0 radical (unpaired) electrons. The summed E-state index contributed by atoms with van der Waals surface area (Å²) in [4.78, 5) is 11.2. The summed E-state index contributed by atoms with van der Waals surface area (Å²) in [5, 5.41) is 0. The first-order chi connectivity index (χ1) is 7.74. The van der Waals surface area contributed by atoms with Crippen LogP contribution in [0, 0.1) is 0 Å². The fourth-order valence-electron chi connectivity index (χ4n) is 1.06. The molecule has 1 aromatic carbocycles. The molecule has 0 saturated carbocycles. The van der Waals surface area contributed by atoms with Gasteiger partial charge in [-0.1, -0.05) is 15.9 Å². The number of carbonyl (C=O) groups excluding carboxylic acids is 1. The summed E-state index contributed by atoms with van der Waals surface area (Å²) in [6.07, 6.45) is 0. The molecule has 0 aliphatic carbocycles. The third-order valence-electron chi connectivity index (χ3n) is 2.12. The van der Waals surface area contributed by atoms with Gasteiger partial charge in [0.2, 0.25) is 10.0 Å². The molecule has 0 spiro atoms. The lowest BCUT2D eigenvalue weighted by Crippen LogP contribution is -2.37. The molecule has 0 bridgehead atoms. The monoisotopic (exact) mass is 383 g/mol. The summed E-state index contributed by atoms with van der Waals surface area (Å²) in [7, 11) is -3.71. The number of benzene rings is 1. The molecule has 1 rings (SSSR count). The van der Waals surface area contributed by atoms with Crippen molar-refractivity contribution in [1.29, 1.82) is 0 Å². The minimum Gasteiger partial charge on any atom is -0.298 e. The van der Waals surface area contributed by atoms with Crippen molar-refractivity contribution in [2.45, 2.75) is 24.8 Å². The SMILES string of the molecule is CC(=O)C(C)NS(=O)(=O)c1cc(Br)ccc1Br. The summed E-state index contributed by atoms with van der Waals surface area (Å²) < 4.78 is 27.4. The summed E-state index contributed by atoms with van der Waals surface area (Å²) in [5.41, 5.74) is 0. The first-order valence-corrected chi connectivity index (χ1v) is 7.79. The minimum absolute atomic E-state index is 0.0972. The normalized spacial score (nSPS) is 13.4. The van der Waals surface area contributed by atoms with E-state index in [1.165, 1.54) is 19.9 Å². The first kappa shape index (κ1) is 14.8. The average Bonchev–Trinajstić information content (AvgIpc) is 2.20. The second kappa shape index (κ2) is 5.60. The lowest BCUT2D eigenvalue weighted by atomic mass is 10.3. The molecule has 0 amide bonds. The summed E-state index contributed by atoms with van der Waals surface area (Å²) in [6, 6.07) is 4.07. The van der Waals surface area contributed by atoms with E-state index in [0.717, 1.165) is 0 Å². The Kier molecular flexibility index (Phi) is 4.88. The van der Waals surface area contributed by atoms with Crippen LogP contribution >= 0.6 is 31.9 Å². The topological polar surface area (TPSA) is 63.2 Å². The molecule has 0 aliphatic heterocycles. The number of nitrogens with one attached hydrogen (secondary N) is 1. The molecule has 7 heteroatoms. The van der Waals surface area contributed by atoms with E-state index >= 15 is 0 Å². The molecule has 1 atom stereocenters. The second-order valence-corrected chi connectivity index (χ2v) is 6.98. The van der Waals surface area contributed by atoms with Crippen molar-refractivity contribution in [2.75, 3.05) is 0 Å². The number of hydrogen-bond acceptors (Lipinski definition) is 3. The highest BCUT2D eigenvalue weighted by Crippen LogP contribution is 2.25. The summed E-state index contributed by atoms with van der Waals surface area (Å²) >= 11 is 6.37. The number of halogens is 2. The van der Waals surface area contributed by atoms with Gasteiger partial charge in [-0.05, 0) is 48.0 Å². The number of hydrogen-bond donors (Lipinski definition) is 1. The van der Waals surface area contributed by atoms with E-state index in [0.29, 0.717) is 8.95 Å². The molecule has 4 nitrogen and oxygen atoms in total. The number of ketones is 1. The van der Waals surface area contributed by atoms with Gasteiger partial charge in [0.1, 0.15) is 5.78 Å². The average molecular weight is 385 g/mol. The zero-order chi connectivity index (χ0) is 13.2. The van der Waals surface area contributed by atoms with Crippen LogP contribution in [0.25, 0.3) is 0 Å². The van der Waals surface area contributed by atoms with Crippen molar-refractivity contribution < 1.29 is 13.2 Å². The van der Waals surface area contributed by atoms with Gasteiger partial charge in [-0.2, -0.15) is 0 Å². The molecule has 94 valence electrons. The maximum Gasteiger partial charge on any atom is 0.242 e. The van der Waals surface area contributed by atoms with Crippen molar-refractivity contribution in [3.8, 4) is 0 Å². The van der Waals surface area contributed by atoms with Crippen LogP contribution < -0.4 is 4.72 Å². The predicted molar refractivity (Wildman–Crippen MR) is 72.3 cm³/mol. The molecule has 1 aromatic rings. The Labute approximate surface area is 117 Å². The van der Waals surface area contributed by atoms with Gasteiger partial charge in [-0.25, -0.2) is 13.1 Å². The van der Waals surface area contributed by atoms with Crippen molar-refractivity contribution in [1.82, 2.24) is 4.72 Å². The van der Waals surface area contributed by atoms with E-state index < -0.39 is 16.1 Å². The maximum atomic E-state index is 12.0. The fraction of sp³-hybridized carbons (Fsp3) is 0.300. The van der Waals surface area contributed by atoms with Crippen LogP contribution in [0.4, 0.5) is 0 Å². The van der Waals surface area contributed by atoms with E-state index in [2.05, 4.69) is 36.6 Å². The largest absolute Gasteiger partial charge is 0.298 e. The Bertz CT molecular complexity index is 542. The van der Waals surface area contributed by atoms with Gasteiger partial charge in [0.05, 0.1) is 10.9 Å². The second-order valence-electron chi connectivity index (χ2n) is 3.53. The third-order valence-corrected chi connectivity index (χ3v) is 5.15. The van der Waals surface area contributed by atoms with Gasteiger partial charge in [-0.15, -0.1) is 0 Å². The predicted octanol–water partition coefficient (Wildman–Crippen LogP) is 2.47. The summed E-state index contributed by atoms with van der Waals surface area (Å²) in [5.74, 6) is -0.236. The Morgan fingerprint density at radius 2 is 1.94 bits per heavy atom. The first-order valence-electron chi connectivity index (χ1n) is 4.72. The van der Waals surface area contributed by atoms with Gasteiger partial charge in [0.25, 0.3) is 0 Å². The molecule has 1 unspecified atom stereocenters. The molecule has 0 heterocycles. The zero-order valence-electron chi connectivity index (χ0n) is 9.20. The fourth-order valence-corrected chi connectivity index (χ4v) is 3.83. The van der Waals surface area contributed by atoms with Crippen LogP contribution in [0.2, 0.25) is 0 Å². The van der Waals surface area contributed by atoms with Crippen LogP contribution in [0.3, 0.4) is 0 Å². The molecule has 0 aromatic heterocycles. The van der Waals surface area contributed by atoms with E-state index in [-0.39, 0.29) is 10.7 Å². The van der Waals surface area contributed by atoms with Gasteiger partial charge in [0.15, 0.2) is 0 Å². The number of rotatable bonds is 4. The van der Waals surface area contributed by atoms with Gasteiger partial charge in [-0.3, -0.25) is 4.79 Å². The Morgan fingerprint density at radius 3 is 2.47 bits per heavy atom. The highest BCUT2D eigenvalue weighted by atomic mass is 79.9. The molecule has 0 fully saturated rings. The number of carbonyl (C=O) groups is 1. The van der Waals surface area contributed by atoms with E-state index in [4.69, 9.17) is 0 Å². The Balaban J connectivity index is 3.13. The van der Waals surface area contributed by atoms with E-state index in [1.54, 1.807) is 12.1 Å². The van der Waals surface area contributed by atoms with Crippen LogP contribution in [-0.2, 0) is 14.8 Å². The van der Waals surface area contributed by atoms with Crippen LogP contribution in [0.1, 0.15) is 13.8 Å². The highest BCUT2D eigenvalue weighted by molar-refractivity contribution is 9.11. The van der Waals surface area contributed by atoms with E-state index in [9.17, 15) is 13.2 Å². The molecular formula is C10H11Br2NO3S. The van der Waals surface area contributed by atoms with Crippen molar-refractivity contribution in [2.24, 2.45) is 0 Å².